The van der Waals surface area contributed by atoms with E-state index in [1.807, 2.05) is 53.0 Å². The lowest BCUT2D eigenvalue weighted by Crippen LogP contribution is -2.25. The molecule has 0 spiro atoms. The molecule has 1 unspecified atom stereocenters. The molecule has 4 nitrogen and oxygen atoms in total. The second-order valence-corrected chi connectivity index (χ2v) is 9.92. The summed E-state index contributed by atoms with van der Waals surface area (Å²) < 4.78 is 21.0. The van der Waals surface area contributed by atoms with Crippen molar-refractivity contribution in [2.24, 2.45) is 4.40 Å². The highest BCUT2D eigenvalue weighted by Crippen LogP contribution is 2.21. The fourth-order valence-electron chi connectivity index (χ4n) is 1.54. The van der Waals surface area contributed by atoms with E-state index in [1.165, 1.54) is 0 Å². The van der Waals surface area contributed by atoms with Gasteiger partial charge < -0.3 is 9.29 Å². The Kier molecular flexibility index (Phi) is 6.65. The van der Waals surface area contributed by atoms with Crippen LogP contribution >= 0.6 is 11.3 Å². The van der Waals surface area contributed by atoms with E-state index in [1.54, 1.807) is 17.6 Å². The number of hydrogen-bond acceptors (Lipinski definition) is 5. The summed E-state index contributed by atoms with van der Waals surface area (Å²) in [5.41, 5.74) is 0.464. The molecule has 0 fully saturated rings. The summed E-state index contributed by atoms with van der Waals surface area (Å²) in [6.45, 7) is 11.2. The lowest BCUT2D eigenvalue weighted by molar-refractivity contribution is -0.154. The SMILES string of the molecule is CC(C)(C)OC(=O)CCc1sccc1C=N[S+]([O-])C(C)(C)C. The molecule has 0 aliphatic heterocycles. The molecule has 0 aliphatic rings. The van der Waals surface area contributed by atoms with E-state index in [0.717, 1.165) is 10.4 Å². The van der Waals surface area contributed by atoms with Gasteiger partial charge in [0.25, 0.3) is 0 Å². The molecule has 1 heterocycles. The minimum atomic E-state index is -1.27. The van der Waals surface area contributed by atoms with Gasteiger partial charge in [-0.15, -0.1) is 11.3 Å². The highest BCUT2D eigenvalue weighted by molar-refractivity contribution is 7.91. The first-order chi connectivity index (χ1) is 9.99. The fraction of sp³-hybridized carbons (Fsp3) is 0.625. The van der Waals surface area contributed by atoms with Crippen molar-refractivity contribution in [2.75, 3.05) is 0 Å². The molecule has 1 atom stereocenters. The minimum absolute atomic E-state index is 0.206. The molecule has 6 heteroatoms. The Balaban J connectivity index is 2.63. The van der Waals surface area contributed by atoms with Gasteiger partial charge in [-0.3, -0.25) is 4.79 Å². The Morgan fingerprint density at radius 1 is 1.36 bits per heavy atom. The molecule has 0 saturated heterocycles. The van der Waals surface area contributed by atoms with Gasteiger partial charge in [0.05, 0.1) is 12.6 Å². The molecule has 0 bridgehead atoms. The predicted octanol–water partition coefficient (Wildman–Crippen LogP) is 3.90. The van der Waals surface area contributed by atoms with Gasteiger partial charge in [0.1, 0.15) is 21.7 Å². The summed E-state index contributed by atoms with van der Waals surface area (Å²) >= 11 is 0.297. The second kappa shape index (κ2) is 7.62. The largest absolute Gasteiger partial charge is 0.591 e. The first-order valence-corrected chi connectivity index (χ1v) is 9.22. The molecule has 1 aromatic rings. The topological polar surface area (TPSA) is 61.7 Å². The normalized spacial score (nSPS) is 14.3. The third-order valence-corrected chi connectivity index (χ3v) is 4.91. The van der Waals surface area contributed by atoms with Gasteiger partial charge in [-0.05, 0) is 59.4 Å². The third-order valence-electron chi connectivity index (χ3n) is 2.57. The Hall–Kier alpha value is -0.850. The third kappa shape index (κ3) is 6.94. The number of rotatable bonds is 5. The summed E-state index contributed by atoms with van der Waals surface area (Å²) in [7, 11) is 0. The van der Waals surface area contributed by atoms with Crippen LogP contribution in [0.25, 0.3) is 0 Å². The monoisotopic (exact) mass is 343 g/mol. The molecule has 1 rings (SSSR count). The number of esters is 1. The van der Waals surface area contributed by atoms with Crippen molar-refractivity contribution in [1.82, 2.24) is 0 Å². The summed E-state index contributed by atoms with van der Waals surface area (Å²) in [6, 6.07) is 1.93. The Morgan fingerprint density at radius 3 is 2.55 bits per heavy atom. The van der Waals surface area contributed by atoms with E-state index in [-0.39, 0.29) is 10.7 Å². The van der Waals surface area contributed by atoms with E-state index in [9.17, 15) is 9.35 Å². The van der Waals surface area contributed by atoms with E-state index < -0.39 is 17.0 Å². The minimum Gasteiger partial charge on any atom is -0.591 e. The molecule has 0 N–H and O–H groups in total. The average molecular weight is 344 g/mol. The van der Waals surface area contributed by atoms with Crippen LogP contribution in [0.5, 0.6) is 0 Å². The quantitative estimate of drug-likeness (QED) is 0.463. The van der Waals surface area contributed by atoms with Gasteiger partial charge in [0.15, 0.2) is 0 Å². The van der Waals surface area contributed by atoms with Crippen LogP contribution in [0, 0.1) is 0 Å². The van der Waals surface area contributed by atoms with Crippen molar-refractivity contribution in [3.63, 3.8) is 0 Å². The number of thiophene rings is 1. The number of carbonyl (C=O) groups is 1. The Bertz CT molecular complexity index is 524. The maximum atomic E-state index is 11.9. The standard InChI is InChI=1S/C16H25NO3S2/c1-15(2,3)20-14(18)8-7-13-12(9-10-21-13)11-17-22(19)16(4,5)6/h9-11H,7-8H2,1-6H3. The van der Waals surface area contributed by atoms with Crippen molar-refractivity contribution in [1.29, 1.82) is 0 Å². The average Bonchev–Trinajstić information content (AvgIpc) is 2.77. The van der Waals surface area contributed by atoms with Crippen LogP contribution in [-0.4, -0.2) is 27.1 Å². The van der Waals surface area contributed by atoms with Gasteiger partial charge in [0, 0.05) is 10.4 Å². The molecule has 0 radical (unpaired) electrons. The van der Waals surface area contributed by atoms with Crippen molar-refractivity contribution < 1.29 is 14.1 Å². The van der Waals surface area contributed by atoms with E-state index in [4.69, 9.17) is 4.74 Å². The van der Waals surface area contributed by atoms with E-state index in [2.05, 4.69) is 4.40 Å². The van der Waals surface area contributed by atoms with Crippen LogP contribution in [-0.2, 0) is 27.3 Å². The smallest absolute Gasteiger partial charge is 0.306 e. The van der Waals surface area contributed by atoms with Crippen molar-refractivity contribution in [2.45, 2.75) is 64.7 Å². The first-order valence-electron chi connectivity index (χ1n) is 7.23. The maximum Gasteiger partial charge on any atom is 0.306 e. The molecule has 124 valence electrons. The molecule has 1 aromatic heterocycles. The van der Waals surface area contributed by atoms with Gasteiger partial charge in [-0.2, -0.15) is 0 Å². The molecule has 0 aliphatic carbocycles. The summed E-state index contributed by atoms with van der Waals surface area (Å²) in [4.78, 5) is 12.8. The van der Waals surface area contributed by atoms with Crippen molar-refractivity contribution in [3.05, 3.63) is 21.9 Å². The second-order valence-electron chi connectivity index (χ2n) is 6.98. The zero-order valence-corrected chi connectivity index (χ0v) is 15.8. The predicted molar refractivity (Wildman–Crippen MR) is 94.0 cm³/mol. The van der Waals surface area contributed by atoms with Crippen LogP contribution in [0.3, 0.4) is 0 Å². The van der Waals surface area contributed by atoms with Gasteiger partial charge >= 0.3 is 5.97 Å². The number of hydrogen-bond donors (Lipinski definition) is 0. The highest BCUT2D eigenvalue weighted by atomic mass is 32.2. The molecule has 0 saturated carbocycles. The molecule has 0 aromatic carbocycles. The number of ether oxygens (including phenoxy) is 1. The number of carbonyl (C=O) groups excluding carboxylic acids is 1. The highest BCUT2D eigenvalue weighted by Gasteiger charge is 2.26. The zero-order valence-electron chi connectivity index (χ0n) is 14.1. The van der Waals surface area contributed by atoms with Crippen LogP contribution < -0.4 is 0 Å². The lowest BCUT2D eigenvalue weighted by Gasteiger charge is -2.19. The summed E-state index contributed by atoms with van der Waals surface area (Å²) in [5, 5.41) is 1.95. The van der Waals surface area contributed by atoms with Gasteiger partial charge in [-0.1, -0.05) is 4.40 Å². The van der Waals surface area contributed by atoms with E-state index >= 15 is 0 Å². The Labute approximate surface area is 140 Å². The molecular formula is C16H25NO3S2. The lowest BCUT2D eigenvalue weighted by atomic mass is 10.1. The van der Waals surface area contributed by atoms with Crippen LogP contribution in [0.4, 0.5) is 0 Å². The fourth-order valence-corrected chi connectivity index (χ4v) is 2.92. The van der Waals surface area contributed by atoms with Crippen LogP contribution in [0.1, 0.15) is 58.4 Å². The van der Waals surface area contributed by atoms with Gasteiger partial charge in [0.2, 0.25) is 0 Å². The van der Waals surface area contributed by atoms with E-state index in [0.29, 0.717) is 12.8 Å². The Morgan fingerprint density at radius 2 is 2.00 bits per heavy atom. The molecule has 22 heavy (non-hydrogen) atoms. The van der Waals surface area contributed by atoms with Gasteiger partial charge in [-0.25, -0.2) is 0 Å². The zero-order chi connectivity index (χ0) is 17.0. The van der Waals surface area contributed by atoms with Crippen LogP contribution in [0.15, 0.2) is 15.8 Å². The molecule has 0 amide bonds. The van der Waals surface area contributed by atoms with Crippen LogP contribution in [0.2, 0.25) is 0 Å². The van der Waals surface area contributed by atoms with Crippen molar-refractivity contribution in [3.8, 4) is 0 Å². The first kappa shape index (κ1) is 19.2. The summed E-state index contributed by atoms with van der Waals surface area (Å²) in [5.74, 6) is -0.206. The number of aryl methyl sites for hydroxylation is 1. The van der Waals surface area contributed by atoms with Crippen molar-refractivity contribution >= 4 is 34.9 Å². The number of nitrogens with zero attached hydrogens (tertiary/aromatic N) is 1. The summed E-state index contributed by atoms with van der Waals surface area (Å²) in [6.07, 6.45) is 2.58. The molecular weight excluding hydrogens is 318 g/mol. The maximum absolute atomic E-state index is 11.9.